The summed E-state index contributed by atoms with van der Waals surface area (Å²) in [5.74, 6) is -0.693. The number of hydrogen-bond donors (Lipinski definition) is 1. The molecule has 0 spiro atoms. The maximum absolute atomic E-state index is 14.2. The van der Waals surface area contributed by atoms with Crippen LogP contribution in [0, 0.1) is 6.92 Å². The van der Waals surface area contributed by atoms with Crippen LogP contribution in [-0.4, -0.2) is 49.8 Å². The van der Waals surface area contributed by atoms with E-state index in [2.05, 4.69) is 5.32 Å². The molecule has 0 saturated carbocycles. The fourth-order valence-corrected chi connectivity index (χ4v) is 6.20. The summed E-state index contributed by atoms with van der Waals surface area (Å²) in [4.78, 5) is 29.3. The molecule has 0 aromatic heterocycles. The predicted octanol–water partition coefficient (Wildman–Crippen LogP) is 5.52. The van der Waals surface area contributed by atoms with Crippen LogP contribution in [0.15, 0.2) is 83.8 Å². The third kappa shape index (κ3) is 8.43. The summed E-state index contributed by atoms with van der Waals surface area (Å²) >= 11 is 0. The van der Waals surface area contributed by atoms with E-state index in [1.165, 1.54) is 4.31 Å². The fourth-order valence-electron chi connectivity index (χ4n) is 4.75. The van der Waals surface area contributed by atoms with E-state index in [0.29, 0.717) is 24.9 Å². The number of nitrogens with zero attached hydrogens (tertiary/aromatic N) is 2. The zero-order chi connectivity index (χ0) is 30.2. The molecular formula is C33H43N3O4S. The molecule has 220 valence electrons. The second kappa shape index (κ2) is 13.8. The number of sulfonamides is 1. The standard InChI is InChI=1S/C33H43N3O4S/c1-7-27-16-12-13-17-30(27)36(41(39,40)28-20-18-25(3)19-21-28)24-31(37)35(23-22-26-14-10-9-11-15-26)29(8-2)32(38)34-33(4,5)6/h9-21,29H,7-8,22-24H2,1-6H3,(H,34,38)/t29-/m0/s1. The van der Waals surface area contributed by atoms with Crippen molar-refractivity contribution in [2.75, 3.05) is 17.4 Å². The van der Waals surface area contributed by atoms with Crippen molar-refractivity contribution in [2.45, 2.75) is 77.3 Å². The molecule has 1 N–H and O–H groups in total. The molecule has 1 atom stereocenters. The molecule has 2 amide bonds. The van der Waals surface area contributed by atoms with Gasteiger partial charge in [-0.1, -0.05) is 80.1 Å². The number of anilines is 1. The van der Waals surface area contributed by atoms with Crippen LogP contribution in [0.4, 0.5) is 5.69 Å². The number of para-hydroxylation sites is 1. The molecule has 0 saturated heterocycles. The number of carbonyl (C=O) groups is 2. The quantitative estimate of drug-likeness (QED) is 0.307. The molecule has 0 aliphatic carbocycles. The number of amides is 2. The van der Waals surface area contributed by atoms with Gasteiger partial charge in [-0.05, 0) is 76.3 Å². The molecule has 8 heteroatoms. The Labute approximate surface area is 245 Å². The lowest BCUT2D eigenvalue weighted by atomic mass is 10.1. The van der Waals surface area contributed by atoms with Crippen LogP contribution >= 0.6 is 0 Å². The minimum atomic E-state index is -4.10. The van der Waals surface area contributed by atoms with E-state index >= 15 is 0 Å². The van der Waals surface area contributed by atoms with Gasteiger partial charge in [0.1, 0.15) is 12.6 Å². The molecule has 3 rings (SSSR count). The van der Waals surface area contributed by atoms with E-state index in [-0.39, 0.29) is 17.3 Å². The van der Waals surface area contributed by atoms with Crippen molar-refractivity contribution in [3.8, 4) is 0 Å². The largest absolute Gasteiger partial charge is 0.350 e. The highest BCUT2D eigenvalue weighted by Gasteiger charge is 2.34. The van der Waals surface area contributed by atoms with E-state index in [4.69, 9.17) is 0 Å². The zero-order valence-corrected chi connectivity index (χ0v) is 25.9. The van der Waals surface area contributed by atoms with Crippen LogP contribution in [0.2, 0.25) is 0 Å². The Bertz CT molecular complexity index is 1410. The monoisotopic (exact) mass is 577 g/mol. The van der Waals surface area contributed by atoms with Crippen molar-refractivity contribution in [1.29, 1.82) is 0 Å². The van der Waals surface area contributed by atoms with Gasteiger partial charge >= 0.3 is 0 Å². The van der Waals surface area contributed by atoms with Crippen molar-refractivity contribution in [3.05, 3.63) is 95.6 Å². The lowest BCUT2D eigenvalue weighted by Crippen LogP contribution is -2.56. The highest BCUT2D eigenvalue weighted by molar-refractivity contribution is 7.92. The number of benzene rings is 3. The normalized spacial score (nSPS) is 12.4. The lowest BCUT2D eigenvalue weighted by Gasteiger charge is -2.35. The van der Waals surface area contributed by atoms with Crippen LogP contribution in [0.25, 0.3) is 0 Å². The second-order valence-electron chi connectivity index (χ2n) is 11.3. The number of aryl methyl sites for hydroxylation is 2. The van der Waals surface area contributed by atoms with E-state index < -0.39 is 34.1 Å². The van der Waals surface area contributed by atoms with Crippen LogP contribution in [-0.2, 0) is 32.5 Å². The Hall–Kier alpha value is -3.65. The topological polar surface area (TPSA) is 86.8 Å². The van der Waals surface area contributed by atoms with Crippen LogP contribution in [0.1, 0.15) is 57.7 Å². The molecule has 7 nitrogen and oxygen atoms in total. The molecule has 0 radical (unpaired) electrons. The van der Waals surface area contributed by atoms with Gasteiger partial charge in [0.25, 0.3) is 10.0 Å². The summed E-state index contributed by atoms with van der Waals surface area (Å²) < 4.78 is 29.4. The Kier molecular flexibility index (Phi) is 10.7. The molecule has 41 heavy (non-hydrogen) atoms. The van der Waals surface area contributed by atoms with Gasteiger partial charge in [-0.3, -0.25) is 13.9 Å². The van der Waals surface area contributed by atoms with Gasteiger partial charge in [0, 0.05) is 12.1 Å². The number of carbonyl (C=O) groups excluding carboxylic acids is 2. The average Bonchev–Trinajstić information content (AvgIpc) is 2.93. The van der Waals surface area contributed by atoms with Crippen molar-refractivity contribution >= 4 is 27.5 Å². The Morgan fingerprint density at radius 3 is 2.07 bits per heavy atom. The fraction of sp³-hybridized carbons (Fsp3) is 0.394. The van der Waals surface area contributed by atoms with Gasteiger partial charge in [-0.2, -0.15) is 0 Å². The van der Waals surface area contributed by atoms with Gasteiger partial charge < -0.3 is 10.2 Å². The SMILES string of the molecule is CCc1ccccc1N(CC(=O)N(CCc1ccccc1)[C@@H](CC)C(=O)NC(C)(C)C)S(=O)(=O)c1ccc(C)cc1. The molecule has 3 aromatic rings. The van der Waals surface area contributed by atoms with Crippen LogP contribution in [0.3, 0.4) is 0 Å². The van der Waals surface area contributed by atoms with E-state index in [1.54, 1.807) is 41.3 Å². The van der Waals surface area contributed by atoms with Crippen LogP contribution in [0.5, 0.6) is 0 Å². The molecular weight excluding hydrogens is 534 g/mol. The van der Waals surface area contributed by atoms with Gasteiger partial charge in [0.15, 0.2) is 0 Å². The zero-order valence-electron chi connectivity index (χ0n) is 25.1. The average molecular weight is 578 g/mol. The second-order valence-corrected chi connectivity index (χ2v) is 13.2. The molecule has 0 fully saturated rings. The van der Waals surface area contributed by atoms with Crippen molar-refractivity contribution in [1.82, 2.24) is 10.2 Å². The molecule has 0 unspecified atom stereocenters. The Morgan fingerprint density at radius 2 is 1.49 bits per heavy atom. The van der Waals surface area contributed by atoms with E-state index in [0.717, 1.165) is 16.7 Å². The summed E-state index contributed by atoms with van der Waals surface area (Å²) in [7, 11) is -4.10. The van der Waals surface area contributed by atoms with E-state index in [9.17, 15) is 18.0 Å². The van der Waals surface area contributed by atoms with Gasteiger partial charge in [0.2, 0.25) is 11.8 Å². The molecule has 0 aliphatic heterocycles. The molecule has 3 aromatic carbocycles. The summed E-state index contributed by atoms with van der Waals surface area (Å²) in [6, 6.07) is 22.8. The number of nitrogens with one attached hydrogen (secondary N) is 1. The summed E-state index contributed by atoms with van der Waals surface area (Å²) in [5.41, 5.74) is 2.74. The minimum absolute atomic E-state index is 0.107. The number of rotatable bonds is 12. The molecule has 0 bridgehead atoms. The Morgan fingerprint density at radius 1 is 0.878 bits per heavy atom. The number of hydrogen-bond acceptors (Lipinski definition) is 4. The first-order valence-corrected chi connectivity index (χ1v) is 15.6. The van der Waals surface area contributed by atoms with Crippen molar-refractivity contribution in [3.63, 3.8) is 0 Å². The third-order valence-corrected chi connectivity index (χ3v) is 8.67. The Balaban J connectivity index is 2.06. The lowest BCUT2D eigenvalue weighted by molar-refractivity contribution is -0.140. The van der Waals surface area contributed by atoms with Crippen molar-refractivity contribution in [2.24, 2.45) is 0 Å². The first-order chi connectivity index (χ1) is 19.4. The molecule has 0 aliphatic rings. The van der Waals surface area contributed by atoms with E-state index in [1.807, 2.05) is 84.0 Å². The maximum atomic E-state index is 14.2. The van der Waals surface area contributed by atoms with Gasteiger partial charge in [0.05, 0.1) is 10.6 Å². The highest BCUT2D eigenvalue weighted by atomic mass is 32.2. The first kappa shape index (κ1) is 31.9. The molecule has 0 heterocycles. The van der Waals surface area contributed by atoms with Gasteiger partial charge in [-0.25, -0.2) is 8.42 Å². The van der Waals surface area contributed by atoms with Crippen LogP contribution < -0.4 is 9.62 Å². The summed E-state index contributed by atoms with van der Waals surface area (Å²) in [6.07, 6.45) is 1.51. The first-order valence-electron chi connectivity index (χ1n) is 14.2. The smallest absolute Gasteiger partial charge is 0.264 e. The third-order valence-electron chi connectivity index (χ3n) is 6.90. The minimum Gasteiger partial charge on any atom is -0.350 e. The predicted molar refractivity (Wildman–Crippen MR) is 165 cm³/mol. The van der Waals surface area contributed by atoms with Gasteiger partial charge in [-0.15, -0.1) is 0 Å². The van der Waals surface area contributed by atoms with Crippen molar-refractivity contribution < 1.29 is 18.0 Å². The maximum Gasteiger partial charge on any atom is 0.264 e. The summed E-state index contributed by atoms with van der Waals surface area (Å²) in [6.45, 7) is 11.2. The highest BCUT2D eigenvalue weighted by Crippen LogP contribution is 2.28. The summed E-state index contributed by atoms with van der Waals surface area (Å²) in [5, 5.41) is 3.00.